The van der Waals surface area contributed by atoms with Crippen LogP contribution in [-0.4, -0.2) is 23.4 Å². The first kappa shape index (κ1) is 20.5. The molecule has 0 aliphatic carbocycles. The molecule has 3 aromatic rings. The van der Waals surface area contributed by atoms with Crippen molar-refractivity contribution in [1.29, 1.82) is 0 Å². The van der Waals surface area contributed by atoms with E-state index >= 15 is 0 Å². The Morgan fingerprint density at radius 1 is 1.21 bits per heavy atom. The van der Waals surface area contributed by atoms with Gasteiger partial charge in [0.1, 0.15) is 5.58 Å². The lowest BCUT2D eigenvalue weighted by Gasteiger charge is -2.08. The van der Waals surface area contributed by atoms with Crippen LogP contribution in [0, 0.1) is 24.0 Å². The first-order chi connectivity index (χ1) is 13.7. The van der Waals surface area contributed by atoms with Gasteiger partial charge in [-0.05, 0) is 59.1 Å². The number of non-ortho nitro benzene ring substituents is 1. The highest BCUT2D eigenvalue weighted by molar-refractivity contribution is 9.10. The first-order valence-electron chi connectivity index (χ1n) is 8.61. The largest absolute Gasteiger partial charge is 0.464 e. The second-order valence-electron chi connectivity index (χ2n) is 6.50. The number of furan rings is 1. The van der Waals surface area contributed by atoms with Crippen LogP contribution in [0.1, 0.15) is 16.7 Å². The molecule has 1 aromatic heterocycles. The molecule has 0 atom stereocenters. The zero-order chi connectivity index (χ0) is 21.1. The van der Waals surface area contributed by atoms with Crippen LogP contribution in [0.4, 0.5) is 11.4 Å². The number of benzene rings is 2. The molecular formula is C20H17BrN2O6. The molecule has 0 aliphatic rings. The number of nitro benzene ring substituents is 1. The predicted molar refractivity (Wildman–Crippen MR) is 110 cm³/mol. The van der Waals surface area contributed by atoms with Gasteiger partial charge in [0, 0.05) is 27.6 Å². The average molecular weight is 461 g/mol. The smallest absolute Gasteiger partial charge is 0.310 e. The van der Waals surface area contributed by atoms with Crippen LogP contribution in [-0.2, 0) is 20.7 Å². The number of fused-ring (bicyclic) bond motifs is 1. The molecule has 0 unspecified atom stereocenters. The van der Waals surface area contributed by atoms with Crippen molar-refractivity contribution in [2.24, 2.45) is 0 Å². The lowest BCUT2D eigenvalue weighted by atomic mass is 10.0. The number of nitro groups is 1. The molecule has 1 amide bonds. The van der Waals surface area contributed by atoms with E-state index in [1.807, 2.05) is 26.0 Å². The number of carbonyl (C=O) groups excluding carboxylic acids is 2. The molecule has 0 aliphatic heterocycles. The number of anilines is 1. The standard InChI is InChI=1S/C20H17BrN2O6/c1-11-5-15-13(9-28-18(15)6-12(11)2)7-20(25)29-10-19(24)22-17-4-3-14(23(26)27)8-16(17)21/h3-6,8-9H,7,10H2,1-2H3,(H,22,24). The Morgan fingerprint density at radius 3 is 2.62 bits per heavy atom. The Labute approximate surface area is 174 Å². The maximum atomic E-state index is 12.1. The third-order valence-corrected chi connectivity index (χ3v) is 5.06. The number of amides is 1. The molecule has 1 heterocycles. The van der Waals surface area contributed by atoms with Crippen LogP contribution in [0.2, 0.25) is 0 Å². The van der Waals surface area contributed by atoms with Crippen LogP contribution < -0.4 is 5.32 Å². The van der Waals surface area contributed by atoms with Crippen molar-refractivity contribution >= 4 is 50.2 Å². The highest BCUT2D eigenvalue weighted by Crippen LogP contribution is 2.27. The van der Waals surface area contributed by atoms with E-state index in [0.717, 1.165) is 16.5 Å². The molecule has 1 N–H and O–H groups in total. The van der Waals surface area contributed by atoms with Crippen LogP contribution in [0.15, 0.2) is 45.5 Å². The normalized spacial score (nSPS) is 10.7. The minimum Gasteiger partial charge on any atom is -0.464 e. The minimum atomic E-state index is -0.566. The van der Waals surface area contributed by atoms with Gasteiger partial charge in [0.15, 0.2) is 6.61 Å². The molecule has 29 heavy (non-hydrogen) atoms. The molecule has 3 rings (SSSR count). The summed E-state index contributed by atoms with van der Waals surface area (Å²) >= 11 is 3.16. The number of aryl methyl sites for hydroxylation is 2. The summed E-state index contributed by atoms with van der Waals surface area (Å²) in [6.07, 6.45) is 1.49. The Bertz CT molecular complexity index is 1120. The van der Waals surface area contributed by atoms with Gasteiger partial charge >= 0.3 is 5.97 Å². The summed E-state index contributed by atoms with van der Waals surface area (Å²) in [4.78, 5) is 34.3. The molecule has 0 saturated heterocycles. The zero-order valence-corrected chi connectivity index (χ0v) is 17.2. The van der Waals surface area contributed by atoms with Crippen LogP contribution in [0.25, 0.3) is 11.0 Å². The molecule has 150 valence electrons. The summed E-state index contributed by atoms with van der Waals surface area (Å²) in [6, 6.07) is 7.80. The second-order valence-corrected chi connectivity index (χ2v) is 7.35. The summed E-state index contributed by atoms with van der Waals surface area (Å²) in [5.74, 6) is -1.12. The number of halogens is 1. The number of nitrogens with zero attached hydrogens (tertiary/aromatic N) is 1. The van der Waals surface area contributed by atoms with E-state index in [2.05, 4.69) is 21.2 Å². The SMILES string of the molecule is Cc1cc2occ(CC(=O)OCC(=O)Nc3ccc([N+](=O)[O-])cc3Br)c2cc1C. The third-order valence-electron chi connectivity index (χ3n) is 4.41. The van der Waals surface area contributed by atoms with Gasteiger partial charge in [0.05, 0.1) is 23.3 Å². The van der Waals surface area contributed by atoms with Gasteiger partial charge in [-0.1, -0.05) is 0 Å². The summed E-state index contributed by atoms with van der Waals surface area (Å²) in [7, 11) is 0. The fourth-order valence-corrected chi connectivity index (χ4v) is 3.20. The minimum absolute atomic E-state index is 0.0238. The number of esters is 1. The maximum absolute atomic E-state index is 12.1. The fraction of sp³-hybridized carbons (Fsp3) is 0.200. The van der Waals surface area contributed by atoms with E-state index in [-0.39, 0.29) is 12.1 Å². The van der Waals surface area contributed by atoms with Gasteiger partial charge in [-0.25, -0.2) is 0 Å². The van der Waals surface area contributed by atoms with Crippen molar-refractivity contribution < 1.29 is 23.7 Å². The number of carbonyl (C=O) groups is 2. The van der Waals surface area contributed by atoms with E-state index < -0.39 is 23.4 Å². The molecule has 8 nitrogen and oxygen atoms in total. The predicted octanol–water partition coefficient (Wildman–Crippen LogP) is 4.44. The number of rotatable bonds is 6. The highest BCUT2D eigenvalue weighted by atomic mass is 79.9. The topological polar surface area (TPSA) is 112 Å². The number of nitrogens with one attached hydrogen (secondary N) is 1. The van der Waals surface area contributed by atoms with E-state index in [1.165, 1.54) is 24.5 Å². The van der Waals surface area contributed by atoms with Crippen LogP contribution in [0.5, 0.6) is 0 Å². The molecule has 0 bridgehead atoms. The van der Waals surface area contributed by atoms with Gasteiger partial charge in [0.25, 0.3) is 11.6 Å². The Hall–Kier alpha value is -3.20. The zero-order valence-electron chi connectivity index (χ0n) is 15.7. The summed E-state index contributed by atoms with van der Waals surface area (Å²) in [5.41, 5.74) is 3.78. The molecule has 0 saturated carbocycles. The van der Waals surface area contributed by atoms with E-state index in [4.69, 9.17) is 9.15 Å². The van der Waals surface area contributed by atoms with Gasteiger partial charge < -0.3 is 14.5 Å². The van der Waals surface area contributed by atoms with Gasteiger partial charge in [0.2, 0.25) is 0 Å². The van der Waals surface area contributed by atoms with Gasteiger partial charge in [-0.15, -0.1) is 0 Å². The summed E-state index contributed by atoms with van der Waals surface area (Å²) < 4.78 is 10.9. The van der Waals surface area contributed by atoms with Crippen LogP contribution >= 0.6 is 15.9 Å². The van der Waals surface area contributed by atoms with Crippen molar-refractivity contribution in [3.05, 3.63) is 67.9 Å². The first-order valence-corrected chi connectivity index (χ1v) is 9.40. The number of ether oxygens (including phenoxy) is 1. The molecule has 9 heteroatoms. The Morgan fingerprint density at radius 2 is 1.93 bits per heavy atom. The molecular weight excluding hydrogens is 444 g/mol. The van der Waals surface area contributed by atoms with Gasteiger partial charge in [-0.3, -0.25) is 19.7 Å². The summed E-state index contributed by atoms with van der Waals surface area (Å²) in [6.45, 7) is 3.48. The van der Waals surface area contributed by atoms with Crippen molar-refractivity contribution in [3.63, 3.8) is 0 Å². The van der Waals surface area contributed by atoms with E-state index in [9.17, 15) is 19.7 Å². The van der Waals surface area contributed by atoms with Crippen molar-refractivity contribution in [3.8, 4) is 0 Å². The molecule has 0 fully saturated rings. The molecule has 0 radical (unpaired) electrons. The quantitative estimate of drug-likeness (QED) is 0.330. The monoisotopic (exact) mass is 460 g/mol. The van der Waals surface area contributed by atoms with E-state index in [1.54, 1.807) is 0 Å². The van der Waals surface area contributed by atoms with Crippen LogP contribution in [0.3, 0.4) is 0 Å². The summed E-state index contributed by atoms with van der Waals surface area (Å²) in [5, 5.41) is 14.1. The molecule has 2 aromatic carbocycles. The Kier molecular flexibility index (Phi) is 5.97. The Balaban J connectivity index is 1.58. The lowest BCUT2D eigenvalue weighted by Crippen LogP contribution is -2.21. The second kappa shape index (κ2) is 8.44. The maximum Gasteiger partial charge on any atom is 0.310 e. The number of hydrogen-bond donors (Lipinski definition) is 1. The third kappa shape index (κ3) is 4.80. The number of hydrogen-bond acceptors (Lipinski definition) is 6. The van der Waals surface area contributed by atoms with E-state index in [0.29, 0.717) is 21.3 Å². The highest BCUT2D eigenvalue weighted by Gasteiger charge is 2.15. The molecule has 0 spiro atoms. The van der Waals surface area contributed by atoms with Crippen molar-refractivity contribution in [2.45, 2.75) is 20.3 Å². The van der Waals surface area contributed by atoms with Crippen molar-refractivity contribution in [1.82, 2.24) is 0 Å². The lowest BCUT2D eigenvalue weighted by molar-refractivity contribution is -0.384. The fourth-order valence-electron chi connectivity index (χ4n) is 2.73. The van der Waals surface area contributed by atoms with Gasteiger partial charge in [-0.2, -0.15) is 0 Å². The average Bonchev–Trinajstić information content (AvgIpc) is 3.03. The van der Waals surface area contributed by atoms with Crippen molar-refractivity contribution in [2.75, 3.05) is 11.9 Å².